The van der Waals surface area contributed by atoms with E-state index in [1.165, 1.54) is 17.0 Å². The Bertz CT molecular complexity index is 2230. The van der Waals surface area contributed by atoms with Crippen LogP contribution in [0.5, 0.6) is 0 Å². The normalized spacial score (nSPS) is 15.3. The van der Waals surface area contributed by atoms with E-state index in [0.29, 0.717) is 55.3 Å². The van der Waals surface area contributed by atoms with Gasteiger partial charge in [-0.1, -0.05) is 12.0 Å². The van der Waals surface area contributed by atoms with Crippen LogP contribution in [-0.2, 0) is 17.5 Å². The van der Waals surface area contributed by atoms with Crippen molar-refractivity contribution in [2.45, 2.75) is 26.1 Å². The van der Waals surface area contributed by atoms with Gasteiger partial charge in [-0.15, -0.1) is 0 Å². The van der Waals surface area contributed by atoms with Gasteiger partial charge in [-0.25, -0.2) is 14.3 Å². The lowest BCUT2D eigenvalue weighted by Gasteiger charge is -2.37. The van der Waals surface area contributed by atoms with Crippen LogP contribution in [0.3, 0.4) is 0 Å². The van der Waals surface area contributed by atoms with Crippen LogP contribution in [0.2, 0.25) is 0 Å². The number of nitrogens with one attached hydrogen (secondary N) is 2. The second-order valence-electron chi connectivity index (χ2n) is 12.4. The molecular formula is C37H32F3N9O3. The van der Waals surface area contributed by atoms with Gasteiger partial charge in [0.25, 0.3) is 5.91 Å². The van der Waals surface area contributed by atoms with Gasteiger partial charge in [-0.3, -0.25) is 29.7 Å². The molecule has 2 saturated heterocycles. The summed E-state index contributed by atoms with van der Waals surface area (Å²) < 4.78 is 44.8. The van der Waals surface area contributed by atoms with Gasteiger partial charge in [0.05, 0.1) is 29.3 Å². The molecule has 12 nitrogen and oxygen atoms in total. The molecule has 2 N–H and O–H groups in total. The molecule has 7 rings (SSSR count). The molecule has 2 aliphatic heterocycles. The van der Waals surface area contributed by atoms with Crippen LogP contribution in [-0.4, -0.2) is 75.1 Å². The molecule has 52 heavy (non-hydrogen) atoms. The number of amides is 4. The van der Waals surface area contributed by atoms with Gasteiger partial charge >= 0.3 is 12.2 Å². The highest BCUT2D eigenvalue weighted by Crippen LogP contribution is 2.39. The number of piperazine rings is 1. The van der Waals surface area contributed by atoms with Crippen LogP contribution >= 0.6 is 0 Å². The van der Waals surface area contributed by atoms with E-state index in [0.717, 1.165) is 17.3 Å². The number of carbonyl (C=O) groups is 3. The van der Waals surface area contributed by atoms with Gasteiger partial charge in [-0.05, 0) is 73.0 Å². The van der Waals surface area contributed by atoms with Crippen molar-refractivity contribution in [2.75, 3.05) is 47.8 Å². The van der Waals surface area contributed by atoms with E-state index < -0.39 is 23.7 Å². The lowest BCUT2D eigenvalue weighted by Crippen LogP contribution is -2.49. The highest BCUT2D eigenvalue weighted by molar-refractivity contribution is 6.06. The number of carbonyl (C=O) groups excluding carboxylic acids is 3. The lowest BCUT2D eigenvalue weighted by molar-refractivity contribution is -0.137. The average Bonchev–Trinajstić information content (AvgIpc) is 3.55. The Morgan fingerprint density at radius 3 is 2.52 bits per heavy atom. The molecule has 0 bridgehead atoms. The molecule has 3 aromatic heterocycles. The molecule has 4 amide bonds. The molecule has 2 aromatic carbocycles. The number of fused-ring (bicyclic) bond motifs is 1. The molecule has 0 radical (unpaired) electrons. The second kappa shape index (κ2) is 14.2. The molecule has 0 saturated carbocycles. The monoisotopic (exact) mass is 707 g/mol. The summed E-state index contributed by atoms with van der Waals surface area (Å²) in [4.78, 5) is 50.8. The summed E-state index contributed by atoms with van der Waals surface area (Å²) in [6.07, 6.45) is 0.358. The first-order valence-corrected chi connectivity index (χ1v) is 16.5. The zero-order chi connectivity index (χ0) is 36.4. The molecule has 0 aliphatic carbocycles. The van der Waals surface area contributed by atoms with Crippen molar-refractivity contribution in [1.29, 1.82) is 0 Å². The second-order valence-corrected chi connectivity index (χ2v) is 12.4. The number of rotatable bonds is 6. The van der Waals surface area contributed by atoms with Crippen molar-refractivity contribution in [1.82, 2.24) is 29.8 Å². The number of alkyl halides is 3. The largest absolute Gasteiger partial charge is 0.418 e. The van der Waals surface area contributed by atoms with Gasteiger partial charge in [0, 0.05) is 74.4 Å². The number of halogens is 3. The maximum Gasteiger partial charge on any atom is 0.418 e. The Labute approximate surface area is 296 Å². The minimum absolute atomic E-state index is 0.0212. The first-order chi connectivity index (χ1) is 25.0. The van der Waals surface area contributed by atoms with Gasteiger partial charge < -0.3 is 10.2 Å². The van der Waals surface area contributed by atoms with Gasteiger partial charge in [0.15, 0.2) is 5.65 Å². The third-order valence-electron chi connectivity index (χ3n) is 8.94. The minimum atomic E-state index is -4.66. The molecule has 0 spiro atoms. The maximum absolute atomic E-state index is 14.4. The van der Waals surface area contributed by atoms with Gasteiger partial charge in [0.2, 0.25) is 5.91 Å². The topological polar surface area (TPSA) is 128 Å². The van der Waals surface area contributed by atoms with Crippen LogP contribution in [0, 0.1) is 18.8 Å². The Balaban J connectivity index is 0.997. The van der Waals surface area contributed by atoms with Crippen molar-refractivity contribution < 1.29 is 27.6 Å². The van der Waals surface area contributed by atoms with Crippen molar-refractivity contribution in [3.05, 3.63) is 113 Å². The third kappa shape index (κ3) is 7.42. The number of aryl methyl sites for hydroxylation is 1. The molecule has 5 heterocycles. The fraction of sp³-hybridized carbons (Fsp3) is 0.243. The van der Waals surface area contributed by atoms with Crippen molar-refractivity contribution in [3.63, 3.8) is 0 Å². The summed E-state index contributed by atoms with van der Waals surface area (Å²) in [7, 11) is 0. The number of imidazole rings is 1. The van der Waals surface area contributed by atoms with Crippen molar-refractivity contribution in [2.24, 2.45) is 0 Å². The summed E-state index contributed by atoms with van der Waals surface area (Å²) in [5, 5.41) is 9.15. The molecule has 2 fully saturated rings. The standard InChI is InChI=1S/C37H32F3N9O3/c1-24-4-5-26(19-25(24)6-9-30-22-42-33-3-2-13-43-49(30)33)35(51)44-27-8-11-32(31(20-27)37(38,39)40)47-17-15-46(16-18-47)23-28-7-10-29(21-41-28)48-14-12-34(50)45-36(48)52/h2-5,7-8,10-11,13,19-22H,12,14-18,23H2,1H3,(H,44,51)(H,45,50,52). The summed E-state index contributed by atoms with van der Waals surface area (Å²) in [6, 6.07) is 15.4. The number of hydrogen-bond acceptors (Lipinski definition) is 8. The summed E-state index contributed by atoms with van der Waals surface area (Å²) in [6.45, 7) is 4.32. The van der Waals surface area contributed by atoms with E-state index in [9.17, 15) is 27.6 Å². The minimum Gasteiger partial charge on any atom is -0.368 e. The van der Waals surface area contributed by atoms with Crippen LogP contribution in [0.4, 0.5) is 35.0 Å². The predicted octanol–water partition coefficient (Wildman–Crippen LogP) is 4.87. The van der Waals surface area contributed by atoms with E-state index in [4.69, 9.17) is 0 Å². The van der Waals surface area contributed by atoms with Gasteiger partial charge in [0.1, 0.15) is 5.69 Å². The molecule has 15 heteroatoms. The smallest absolute Gasteiger partial charge is 0.368 e. The maximum atomic E-state index is 14.4. The zero-order valence-corrected chi connectivity index (χ0v) is 27.9. The summed E-state index contributed by atoms with van der Waals surface area (Å²) in [5.41, 5.74) is 3.42. The Morgan fingerprint density at radius 2 is 1.77 bits per heavy atom. The van der Waals surface area contributed by atoms with Crippen LogP contribution in [0.15, 0.2) is 79.3 Å². The van der Waals surface area contributed by atoms with E-state index in [1.54, 1.807) is 70.5 Å². The van der Waals surface area contributed by atoms with Crippen LogP contribution < -0.4 is 20.4 Å². The van der Waals surface area contributed by atoms with Crippen LogP contribution in [0.25, 0.3) is 5.65 Å². The van der Waals surface area contributed by atoms with Crippen molar-refractivity contribution >= 4 is 40.6 Å². The molecule has 0 atom stereocenters. The van der Waals surface area contributed by atoms with E-state index in [1.807, 2.05) is 6.92 Å². The first-order valence-electron chi connectivity index (χ1n) is 16.5. The first kappa shape index (κ1) is 34.2. The number of benzene rings is 2. The number of nitrogens with zero attached hydrogens (tertiary/aromatic N) is 7. The SMILES string of the molecule is Cc1ccc(C(=O)Nc2ccc(N3CCN(Cc4ccc(N5CCC(=O)NC5=O)cn4)CC3)c(C(F)(F)F)c2)cc1C#Cc1cnc2cccnn12. The molecule has 5 aromatic rings. The number of anilines is 3. The summed E-state index contributed by atoms with van der Waals surface area (Å²) in [5.74, 6) is 5.21. The molecule has 0 unspecified atom stereocenters. The molecule has 264 valence electrons. The van der Waals surface area contributed by atoms with E-state index in [-0.39, 0.29) is 35.8 Å². The lowest BCUT2D eigenvalue weighted by atomic mass is 10.0. The number of aromatic nitrogens is 4. The number of urea groups is 1. The Morgan fingerprint density at radius 1 is 0.942 bits per heavy atom. The van der Waals surface area contributed by atoms with Crippen LogP contribution in [0.1, 0.15) is 44.9 Å². The molecular weight excluding hydrogens is 675 g/mol. The van der Waals surface area contributed by atoms with E-state index >= 15 is 0 Å². The highest BCUT2D eigenvalue weighted by Gasteiger charge is 2.36. The Kier molecular flexibility index (Phi) is 9.31. The zero-order valence-electron chi connectivity index (χ0n) is 27.9. The fourth-order valence-corrected chi connectivity index (χ4v) is 6.12. The quantitative estimate of drug-likeness (QED) is 0.240. The van der Waals surface area contributed by atoms with Crippen molar-refractivity contribution in [3.8, 4) is 11.8 Å². The van der Waals surface area contributed by atoms with E-state index in [2.05, 4.69) is 42.4 Å². The summed E-state index contributed by atoms with van der Waals surface area (Å²) >= 11 is 0. The average molecular weight is 708 g/mol. The fourth-order valence-electron chi connectivity index (χ4n) is 6.12. The number of pyridine rings is 1. The number of hydrogen-bond donors (Lipinski definition) is 2. The predicted molar refractivity (Wildman–Crippen MR) is 187 cm³/mol. The molecule has 2 aliphatic rings. The third-order valence-corrected chi connectivity index (χ3v) is 8.94. The van der Waals surface area contributed by atoms with Gasteiger partial charge in [-0.2, -0.15) is 18.3 Å². The highest BCUT2D eigenvalue weighted by atomic mass is 19.4. The Hall–Kier alpha value is -6.27. The number of imide groups is 1.